The Bertz CT molecular complexity index is 806. The van der Waals surface area contributed by atoms with Crippen LogP contribution in [-0.4, -0.2) is 12.2 Å². The van der Waals surface area contributed by atoms with Crippen molar-refractivity contribution in [2.75, 3.05) is 11.6 Å². The fraction of sp³-hybridized carbons (Fsp3) is 0.167. The van der Waals surface area contributed by atoms with Gasteiger partial charge in [-0.2, -0.15) is 0 Å². The first-order chi connectivity index (χ1) is 10.7. The topological polar surface area (TPSA) is 42.2 Å². The van der Waals surface area contributed by atoms with Gasteiger partial charge in [-0.15, -0.1) is 11.8 Å². The van der Waals surface area contributed by atoms with Crippen molar-refractivity contribution in [3.8, 4) is 0 Å². The summed E-state index contributed by atoms with van der Waals surface area (Å²) < 4.78 is 5.53. The smallest absolute Gasteiger partial charge is 0.228 e. The van der Waals surface area contributed by atoms with Gasteiger partial charge in [-0.25, -0.2) is 0 Å². The van der Waals surface area contributed by atoms with Crippen LogP contribution in [0.1, 0.15) is 11.1 Å². The predicted molar refractivity (Wildman–Crippen MR) is 91.5 cm³/mol. The van der Waals surface area contributed by atoms with Gasteiger partial charge in [0.15, 0.2) is 0 Å². The number of hydrogen-bond donors (Lipinski definition) is 1. The average Bonchev–Trinajstić information content (AvgIpc) is 2.90. The molecule has 2 aromatic carbocycles. The molecule has 0 fully saturated rings. The maximum Gasteiger partial charge on any atom is 0.228 e. The van der Waals surface area contributed by atoms with E-state index in [0.29, 0.717) is 6.42 Å². The van der Waals surface area contributed by atoms with E-state index in [9.17, 15) is 4.79 Å². The van der Waals surface area contributed by atoms with Crippen LogP contribution in [0.3, 0.4) is 0 Å². The van der Waals surface area contributed by atoms with E-state index in [0.717, 1.165) is 27.8 Å². The molecule has 3 aromatic rings. The number of amides is 1. The summed E-state index contributed by atoms with van der Waals surface area (Å²) in [6.45, 7) is 2.02. The van der Waals surface area contributed by atoms with Crippen molar-refractivity contribution in [2.45, 2.75) is 18.2 Å². The van der Waals surface area contributed by atoms with Crippen LogP contribution >= 0.6 is 11.8 Å². The molecule has 1 aromatic heterocycles. The molecule has 0 bridgehead atoms. The van der Waals surface area contributed by atoms with Gasteiger partial charge in [-0.05, 0) is 49.1 Å². The molecule has 1 heterocycles. The molecule has 0 radical (unpaired) electrons. The summed E-state index contributed by atoms with van der Waals surface area (Å²) >= 11 is 1.68. The maximum absolute atomic E-state index is 12.2. The second kappa shape index (κ2) is 6.28. The Morgan fingerprint density at radius 2 is 1.95 bits per heavy atom. The molecule has 3 nitrogen and oxygen atoms in total. The Morgan fingerprint density at radius 3 is 2.68 bits per heavy atom. The largest absolute Gasteiger partial charge is 0.464 e. The summed E-state index contributed by atoms with van der Waals surface area (Å²) in [6, 6.07) is 13.8. The van der Waals surface area contributed by atoms with E-state index in [1.165, 1.54) is 4.90 Å². The first-order valence-corrected chi connectivity index (χ1v) is 8.29. The van der Waals surface area contributed by atoms with Crippen LogP contribution < -0.4 is 5.32 Å². The highest BCUT2D eigenvalue weighted by atomic mass is 32.2. The average molecular weight is 311 g/mol. The molecule has 1 N–H and O–H groups in total. The number of fused-ring (bicyclic) bond motifs is 1. The minimum Gasteiger partial charge on any atom is -0.464 e. The Hall–Kier alpha value is -2.20. The van der Waals surface area contributed by atoms with Crippen LogP contribution in [0, 0.1) is 6.92 Å². The lowest BCUT2D eigenvalue weighted by Crippen LogP contribution is -2.14. The van der Waals surface area contributed by atoms with Crippen LogP contribution in [0.25, 0.3) is 11.0 Å². The molecular weight excluding hydrogens is 294 g/mol. The van der Waals surface area contributed by atoms with Gasteiger partial charge in [-0.3, -0.25) is 4.79 Å². The van der Waals surface area contributed by atoms with Crippen molar-refractivity contribution in [2.24, 2.45) is 0 Å². The third kappa shape index (κ3) is 3.17. The van der Waals surface area contributed by atoms with Gasteiger partial charge in [0.2, 0.25) is 5.91 Å². The zero-order chi connectivity index (χ0) is 15.5. The van der Waals surface area contributed by atoms with Gasteiger partial charge in [0, 0.05) is 21.5 Å². The molecule has 0 saturated heterocycles. The van der Waals surface area contributed by atoms with E-state index in [1.54, 1.807) is 18.0 Å². The summed E-state index contributed by atoms with van der Waals surface area (Å²) in [6.07, 6.45) is 4.00. The van der Waals surface area contributed by atoms with E-state index >= 15 is 0 Å². The van der Waals surface area contributed by atoms with Crippen molar-refractivity contribution >= 4 is 34.3 Å². The van der Waals surface area contributed by atoms with Crippen molar-refractivity contribution in [1.82, 2.24) is 0 Å². The second-order valence-corrected chi connectivity index (χ2v) is 6.09. The molecule has 0 atom stereocenters. The monoisotopic (exact) mass is 311 g/mol. The SMILES string of the molecule is CSc1ccc(NC(=O)Cc2coc3cc(C)ccc23)cc1. The number of carbonyl (C=O) groups is 1. The van der Waals surface area contributed by atoms with Gasteiger partial charge in [0.1, 0.15) is 5.58 Å². The number of benzene rings is 2. The Balaban J connectivity index is 1.72. The molecule has 112 valence electrons. The fourth-order valence-electron chi connectivity index (χ4n) is 2.38. The van der Waals surface area contributed by atoms with Gasteiger partial charge < -0.3 is 9.73 Å². The quantitative estimate of drug-likeness (QED) is 0.713. The Labute approximate surface area is 133 Å². The van der Waals surface area contributed by atoms with E-state index in [-0.39, 0.29) is 5.91 Å². The number of rotatable bonds is 4. The van der Waals surface area contributed by atoms with Crippen LogP contribution in [-0.2, 0) is 11.2 Å². The standard InChI is InChI=1S/C18H17NO2S/c1-12-3-8-16-13(11-21-17(16)9-12)10-18(20)19-14-4-6-15(22-2)7-5-14/h3-9,11H,10H2,1-2H3,(H,19,20). The number of thioether (sulfide) groups is 1. The molecule has 0 unspecified atom stereocenters. The highest BCUT2D eigenvalue weighted by Crippen LogP contribution is 2.23. The van der Waals surface area contributed by atoms with Crippen LogP contribution in [0.4, 0.5) is 5.69 Å². The molecule has 0 aliphatic rings. The van der Waals surface area contributed by atoms with E-state index in [4.69, 9.17) is 4.42 Å². The first-order valence-electron chi connectivity index (χ1n) is 7.06. The second-order valence-electron chi connectivity index (χ2n) is 5.21. The third-order valence-corrected chi connectivity index (χ3v) is 4.28. The van der Waals surface area contributed by atoms with Crippen molar-refractivity contribution < 1.29 is 9.21 Å². The summed E-state index contributed by atoms with van der Waals surface area (Å²) in [4.78, 5) is 13.4. The maximum atomic E-state index is 12.2. The molecule has 22 heavy (non-hydrogen) atoms. The van der Waals surface area contributed by atoms with Gasteiger partial charge in [0.25, 0.3) is 0 Å². The van der Waals surface area contributed by atoms with E-state index in [2.05, 4.69) is 5.32 Å². The number of anilines is 1. The number of carbonyl (C=O) groups excluding carboxylic acids is 1. The third-order valence-electron chi connectivity index (χ3n) is 3.54. The zero-order valence-corrected chi connectivity index (χ0v) is 13.4. The molecule has 0 aliphatic carbocycles. The minimum atomic E-state index is -0.0415. The Kier molecular flexibility index (Phi) is 4.20. The summed E-state index contributed by atoms with van der Waals surface area (Å²) in [5, 5.41) is 3.92. The number of nitrogens with one attached hydrogen (secondary N) is 1. The normalized spacial score (nSPS) is 10.8. The predicted octanol–water partition coefficient (Wildman–Crippen LogP) is 4.64. The summed E-state index contributed by atoms with van der Waals surface area (Å²) in [5.74, 6) is -0.0415. The lowest BCUT2D eigenvalue weighted by molar-refractivity contribution is -0.115. The highest BCUT2D eigenvalue weighted by molar-refractivity contribution is 7.98. The Morgan fingerprint density at radius 1 is 1.18 bits per heavy atom. The van der Waals surface area contributed by atoms with Gasteiger partial charge in [-0.1, -0.05) is 12.1 Å². The van der Waals surface area contributed by atoms with E-state index < -0.39 is 0 Å². The first kappa shape index (κ1) is 14.7. The van der Waals surface area contributed by atoms with Gasteiger partial charge in [0.05, 0.1) is 12.7 Å². The molecule has 4 heteroatoms. The molecular formula is C18H17NO2S. The van der Waals surface area contributed by atoms with Crippen LogP contribution in [0.15, 0.2) is 58.0 Å². The van der Waals surface area contributed by atoms with Crippen LogP contribution in [0.2, 0.25) is 0 Å². The number of aryl methyl sites for hydroxylation is 1. The number of hydrogen-bond acceptors (Lipinski definition) is 3. The van der Waals surface area contributed by atoms with Crippen molar-refractivity contribution in [3.05, 3.63) is 59.9 Å². The molecule has 1 amide bonds. The zero-order valence-electron chi connectivity index (χ0n) is 12.6. The number of furan rings is 1. The highest BCUT2D eigenvalue weighted by Gasteiger charge is 2.10. The minimum absolute atomic E-state index is 0.0415. The summed E-state index contributed by atoms with van der Waals surface area (Å²) in [5.41, 5.74) is 3.69. The van der Waals surface area contributed by atoms with Gasteiger partial charge >= 0.3 is 0 Å². The molecule has 0 saturated carbocycles. The van der Waals surface area contributed by atoms with Crippen molar-refractivity contribution in [3.63, 3.8) is 0 Å². The van der Waals surface area contributed by atoms with Crippen LogP contribution in [0.5, 0.6) is 0 Å². The fourth-order valence-corrected chi connectivity index (χ4v) is 2.79. The summed E-state index contributed by atoms with van der Waals surface area (Å²) in [7, 11) is 0. The molecule has 3 rings (SSSR count). The lowest BCUT2D eigenvalue weighted by atomic mass is 10.1. The van der Waals surface area contributed by atoms with E-state index in [1.807, 2.05) is 55.6 Å². The lowest BCUT2D eigenvalue weighted by Gasteiger charge is -2.05. The van der Waals surface area contributed by atoms with Crippen molar-refractivity contribution in [1.29, 1.82) is 0 Å². The molecule has 0 spiro atoms. The molecule has 0 aliphatic heterocycles.